The van der Waals surface area contributed by atoms with E-state index in [9.17, 15) is 0 Å². The van der Waals surface area contributed by atoms with Crippen molar-refractivity contribution in [2.24, 2.45) is 0 Å². The summed E-state index contributed by atoms with van der Waals surface area (Å²) in [7, 11) is 1.66. The molecule has 0 atom stereocenters. The second kappa shape index (κ2) is 10.1. The van der Waals surface area contributed by atoms with Crippen molar-refractivity contribution < 1.29 is 4.74 Å². The van der Waals surface area contributed by atoms with Gasteiger partial charge in [-0.15, -0.1) is 22.0 Å². The molecule has 0 saturated carbocycles. The maximum atomic E-state index is 5.24. The van der Waals surface area contributed by atoms with E-state index in [1.54, 1.807) is 23.7 Å². The molecule has 0 spiro atoms. The zero-order valence-electron chi connectivity index (χ0n) is 19.9. The van der Waals surface area contributed by atoms with Gasteiger partial charge in [0.25, 0.3) is 0 Å². The van der Waals surface area contributed by atoms with Crippen LogP contribution in [0, 0.1) is 13.8 Å². The van der Waals surface area contributed by atoms with E-state index in [-0.39, 0.29) is 0 Å². The summed E-state index contributed by atoms with van der Waals surface area (Å²) in [6, 6.07) is 24.7. The first-order valence-electron chi connectivity index (χ1n) is 11.3. The van der Waals surface area contributed by atoms with E-state index >= 15 is 0 Å². The van der Waals surface area contributed by atoms with Crippen LogP contribution < -0.4 is 4.74 Å². The SMILES string of the molecule is COc1ccc(Cn2nnc(-c3cnn(-c4ccc(C)cc4C)c3SCc3ccccc3)n2)cc1. The monoisotopic (exact) mass is 482 g/mol. The van der Waals surface area contributed by atoms with Gasteiger partial charge in [0.15, 0.2) is 0 Å². The summed E-state index contributed by atoms with van der Waals surface area (Å²) < 4.78 is 7.23. The van der Waals surface area contributed by atoms with Gasteiger partial charge < -0.3 is 4.74 Å². The molecule has 3 aromatic carbocycles. The van der Waals surface area contributed by atoms with Crippen molar-refractivity contribution in [1.29, 1.82) is 0 Å². The second-order valence-corrected chi connectivity index (χ2v) is 9.29. The highest BCUT2D eigenvalue weighted by Crippen LogP contribution is 2.34. The number of aromatic nitrogens is 6. The predicted molar refractivity (Wildman–Crippen MR) is 138 cm³/mol. The van der Waals surface area contributed by atoms with Crippen LogP contribution in [-0.2, 0) is 12.3 Å². The topological polar surface area (TPSA) is 70.7 Å². The predicted octanol–water partition coefficient (Wildman–Crippen LogP) is 5.49. The zero-order chi connectivity index (χ0) is 24.2. The molecule has 8 heteroatoms. The number of methoxy groups -OCH3 is 1. The maximum absolute atomic E-state index is 5.24. The van der Waals surface area contributed by atoms with Crippen LogP contribution >= 0.6 is 11.8 Å². The molecule has 5 rings (SSSR count). The number of tetrazole rings is 1. The van der Waals surface area contributed by atoms with E-state index in [4.69, 9.17) is 9.84 Å². The molecule has 0 radical (unpaired) electrons. The summed E-state index contributed by atoms with van der Waals surface area (Å²) >= 11 is 1.72. The molecule has 2 heterocycles. The number of benzene rings is 3. The number of aryl methyl sites for hydroxylation is 2. The van der Waals surface area contributed by atoms with E-state index in [2.05, 4.69) is 71.7 Å². The van der Waals surface area contributed by atoms with E-state index in [0.29, 0.717) is 12.4 Å². The minimum Gasteiger partial charge on any atom is -0.497 e. The lowest BCUT2D eigenvalue weighted by Crippen LogP contribution is -2.04. The first kappa shape index (κ1) is 22.9. The van der Waals surface area contributed by atoms with Gasteiger partial charge in [-0.25, -0.2) is 4.68 Å². The Morgan fingerprint density at radius 3 is 2.46 bits per heavy atom. The Morgan fingerprint density at radius 1 is 0.914 bits per heavy atom. The van der Waals surface area contributed by atoms with Crippen molar-refractivity contribution in [3.63, 3.8) is 0 Å². The number of hydrogen-bond donors (Lipinski definition) is 0. The Labute approximate surface area is 208 Å². The summed E-state index contributed by atoms with van der Waals surface area (Å²) in [5, 5.41) is 19.1. The van der Waals surface area contributed by atoms with Crippen LogP contribution in [0.2, 0.25) is 0 Å². The Hall–Kier alpha value is -3.91. The standard InChI is InChI=1S/C27H26N6OS/c1-19-9-14-25(20(2)15-19)33-27(35-18-22-7-5-4-6-8-22)24(16-28-33)26-29-31-32(30-26)17-21-10-12-23(34-3)13-11-21/h4-16H,17-18H2,1-3H3. The van der Waals surface area contributed by atoms with Crippen molar-refractivity contribution in [2.45, 2.75) is 31.2 Å². The summed E-state index contributed by atoms with van der Waals surface area (Å²) in [6.07, 6.45) is 1.83. The van der Waals surface area contributed by atoms with Crippen molar-refractivity contribution in [3.8, 4) is 22.8 Å². The molecule has 7 nitrogen and oxygen atoms in total. The first-order valence-corrected chi connectivity index (χ1v) is 12.3. The lowest BCUT2D eigenvalue weighted by atomic mass is 10.1. The van der Waals surface area contributed by atoms with Crippen LogP contribution in [0.15, 0.2) is 84.0 Å². The van der Waals surface area contributed by atoms with Crippen LogP contribution in [0.3, 0.4) is 0 Å². The number of ether oxygens (including phenoxy) is 1. The van der Waals surface area contributed by atoms with Gasteiger partial charge in [-0.05, 0) is 54.0 Å². The van der Waals surface area contributed by atoms with Gasteiger partial charge in [0, 0.05) is 5.75 Å². The molecule has 0 unspecified atom stereocenters. The van der Waals surface area contributed by atoms with Crippen molar-refractivity contribution in [1.82, 2.24) is 30.0 Å². The van der Waals surface area contributed by atoms with Crippen molar-refractivity contribution in [3.05, 3.63) is 101 Å². The summed E-state index contributed by atoms with van der Waals surface area (Å²) in [5.41, 5.74) is 6.61. The molecule has 5 aromatic rings. The van der Waals surface area contributed by atoms with Gasteiger partial charge in [0.1, 0.15) is 10.8 Å². The first-order chi connectivity index (χ1) is 17.1. The number of thioether (sulfide) groups is 1. The van der Waals surface area contributed by atoms with E-state index in [1.165, 1.54) is 11.1 Å². The molecule has 0 aliphatic heterocycles. The molecule has 0 bridgehead atoms. The smallest absolute Gasteiger partial charge is 0.209 e. The third kappa shape index (κ3) is 5.12. The third-order valence-corrected chi connectivity index (χ3v) is 6.84. The van der Waals surface area contributed by atoms with Crippen LogP contribution in [0.25, 0.3) is 17.1 Å². The number of hydrogen-bond acceptors (Lipinski definition) is 6. The minimum absolute atomic E-state index is 0.523. The fourth-order valence-electron chi connectivity index (χ4n) is 3.88. The van der Waals surface area contributed by atoms with E-state index < -0.39 is 0 Å². The molecule has 0 aliphatic rings. The van der Waals surface area contributed by atoms with Crippen molar-refractivity contribution >= 4 is 11.8 Å². The van der Waals surface area contributed by atoms with E-state index in [1.807, 2.05) is 41.2 Å². The fourth-order valence-corrected chi connectivity index (χ4v) is 4.95. The van der Waals surface area contributed by atoms with Crippen LogP contribution in [-0.4, -0.2) is 37.1 Å². The van der Waals surface area contributed by atoms with Crippen molar-refractivity contribution in [2.75, 3.05) is 7.11 Å². The maximum Gasteiger partial charge on any atom is 0.209 e. The second-order valence-electron chi connectivity index (χ2n) is 8.33. The fraction of sp³-hybridized carbons (Fsp3) is 0.185. The molecule has 0 fully saturated rings. The van der Waals surface area contributed by atoms with Gasteiger partial charge in [-0.2, -0.15) is 9.90 Å². The quantitative estimate of drug-likeness (QED) is 0.272. The zero-order valence-corrected chi connectivity index (χ0v) is 20.7. The van der Waals surface area contributed by atoms with Crippen LogP contribution in [0.4, 0.5) is 0 Å². The average Bonchev–Trinajstić information content (AvgIpc) is 3.51. The molecule has 0 amide bonds. The molecule has 2 aromatic heterocycles. The third-order valence-electron chi connectivity index (χ3n) is 5.70. The van der Waals surface area contributed by atoms with Gasteiger partial charge in [0.2, 0.25) is 5.82 Å². The summed E-state index contributed by atoms with van der Waals surface area (Å²) in [4.78, 5) is 1.61. The highest BCUT2D eigenvalue weighted by atomic mass is 32.2. The molecule has 0 saturated heterocycles. The Balaban J connectivity index is 1.47. The normalized spacial score (nSPS) is 11.1. The van der Waals surface area contributed by atoms with Crippen LogP contribution in [0.1, 0.15) is 22.3 Å². The van der Waals surface area contributed by atoms with E-state index in [0.717, 1.165) is 38.9 Å². The average molecular weight is 483 g/mol. The van der Waals surface area contributed by atoms with Crippen LogP contribution in [0.5, 0.6) is 5.75 Å². The van der Waals surface area contributed by atoms with Gasteiger partial charge in [-0.3, -0.25) is 0 Å². The molecule has 0 N–H and O–H groups in total. The summed E-state index contributed by atoms with van der Waals surface area (Å²) in [6.45, 7) is 4.73. The summed E-state index contributed by atoms with van der Waals surface area (Å²) in [5.74, 6) is 2.19. The molecule has 176 valence electrons. The van der Waals surface area contributed by atoms with Gasteiger partial charge >= 0.3 is 0 Å². The highest BCUT2D eigenvalue weighted by Gasteiger charge is 2.20. The Morgan fingerprint density at radius 2 is 1.71 bits per heavy atom. The van der Waals surface area contributed by atoms with Gasteiger partial charge in [0.05, 0.1) is 31.1 Å². The Bertz CT molecular complexity index is 1430. The molecular weight excluding hydrogens is 456 g/mol. The molecular formula is C27H26N6OS. The lowest BCUT2D eigenvalue weighted by molar-refractivity contribution is 0.414. The Kier molecular flexibility index (Phi) is 6.63. The highest BCUT2D eigenvalue weighted by molar-refractivity contribution is 7.98. The van der Waals surface area contributed by atoms with Gasteiger partial charge in [-0.1, -0.05) is 60.2 Å². The minimum atomic E-state index is 0.523. The molecule has 0 aliphatic carbocycles. The number of rotatable bonds is 8. The largest absolute Gasteiger partial charge is 0.497 e. The molecule has 35 heavy (non-hydrogen) atoms. The number of nitrogens with zero attached hydrogens (tertiary/aromatic N) is 6. The lowest BCUT2D eigenvalue weighted by Gasteiger charge is -2.12.